The predicted molar refractivity (Wildman–Crippen MR) is 77.2 cm³/mol. The molecule has 20 heavy (non-hydrogen) atoms. The molecule has 0 saturated carbocycles. The predicted octanol–water partition coefficient (Wildman–Crippen LogP) is -0.248. The molecule has 1 saturated heterocycles. The van der Waals surface area contributed by atoms with Crippen molar-refractivity contribution in [3.05, 3.63) is 35.4 Å². The molecule has 1 heterocycles. The van der Waals surface area contributed by atoms with E-state index in [1.165, 1.54) is 0 Å². The molecule has 1 atom stereocenters. The van der Waals surface area contributed by atoms with Crippen LogP contribution in [-0.4, -0.2) is 34.4 Å². The monoisotopic (exact) mass is 318 g/mol. The van der Waals surface area contributed by atoms with Gasteiger partial charge in [0.15, 0.2) is 9.84 Å². The lowest BCUT2D eigenvalue weighted by atomic mass is 10.1. The second-order valence-electron chi connectivity index (χ2n) is 5.00. The number of sulfone groups is 1. The Hall–Kier alpha value is -0.960. The Morgan fingerprint density at radius 1 is 1.20 bits per heavy atom. The van der Waals surface area contributed by atoms with Crippen molar-refractivity contribution >= 4 is 19.9 Å². The lowest BCUT2D eigenvalue weighted by Crippen LogP contribution is -2.36. The van der Waals surface area contributed by atoms with Gasteiger partial charge in [0.1, 0.15) is 0 Å². The SMILES string of the molecule is NCc1ccc(CS(=O)(=O)NC2CCS(=O)(=O)C2)cc1. The molecule has 6 nitrogen and oxygen atoms in total. The van der Waals surface area contributed by atoms with Crippen molar-refractivity contribution in [1.29, 1.82) is 0 Å². The summed E-state index contributed by atoms with van der Waals surface area (Å²) in [4.78, 5) is 0. The third kappa shape index (κ3) is 4.27. The van der Waals surface area contributed by atoms with Crippen LogP contribution in [0.25, 0.3) is 0 Å². The average molecular weight is 318 g/mol. The van der Waals surface area contributed by atoms with Gasteiger partial charge in [-0.2, -0.15) is 0 Å². The molecule has 1 aromatic carbocycles. The zero-order chi connectivity index (χ0) is 14.8. The van der Waals surface area contributed by atoms with Crippen LogP contribution in [-0.2, 0) is 32.2 Å². The fraction of sp³-hybridized carbons (Fsp3) is 0.500. The molecule has 1 aromatic rings. The number of sulfonamides is 1. The van der Waals surface area contributed by atoms with Crippen LogP contribution in [0.1, 0.15) is 17.5 Å². The van der Waals surface area contributed by atoms with E-state index in [1.54, 1.807) is 24.3 Å². The van der Waals surface area contributed by atoms with Gasteiger partial charge in [-0.15, -0.1) is 0 Å². The fourth-order valence-electron chi connectivity index (χ4n) is 2.17. The van der Waals surface area contributed by atoms with E-state index in [0.29, 0.717) is 18.5 Å². The molecule has 112 valence electrons. The van der Waals surface area contributed by atoms with Gasteiger partial charge in [-0.05, 0) is 17.5 Å². The molecule has 0 radical (unpaired) electrons. The van der Waals surface area contributed by atoms with E-state index in [2.05, 4.69) is 4.72 Å². The van der Waals surface area contributed by atoms with E-state index in [0.717, 1.165) is 5.56 Å². The maximum atomic E-state index is 12.0. The molecule has 0 aliphatic carbocycles. The molecule has 2 rings (SSSR count). The summed E-state index contributed by atoms with van der Waals surface area (Å²) < 4.78 is 49.1. The highest BCUT2D eigenvalue weighted by molar-refractivity contribution is 7.92. The molecule has 1 aliphatic rings. The smallest absolute Gasteiger partial charge is 0.216 e. The highest BCUT2D eigenvalue weighted by Gasteiger charge is 2.30. The zero-order valence-electron chi connectivity index (χ0n) is 10.9. The van der Waals surface area contributed by atoms with Crippen LogP contribution < -0.4 is 10.5 Å². The molecule has 3 N–H and O–H groups in total. The van der Waals surface area contributed by atoms with Gasteiger partial charge in [-0.25, -0.2) is 21.6 Å². The van der Waals surface area contributed by atoms with Crippen LogP contribution in [0.4, 0.5) is 0 Å². The van der Waals surface area contributed by atoms with Gasteiger partial charge in [-0.3, -0.25) is 0 Å². The molecule has 1 fully saturated rings. The first-order chi connectivity index (χ1) is 9.30. The highest BCUT2D eigenvalue weighted by atomic mass is 32.2. The minimum atomic E-state index is -3.53. The van der Waals surface area contributed by atoms with E-state index >= 15 is 0 Å². The summed E-state index contributed by atoms with van der Waals surface area (Å²) in [6.45, 7) is 0.408. The highest BCUT2D eigenvalue weighted by Crippen LogP contribution is 2.14. The maximum Gasteiger partial charge on any atom is 0.216 e. The number of rotatable bonds is 5. The first kappa shape index (κ1) is 15.4. The summed E-state index contributed by atoms with van der Waals surface area (Å²) in [5, 5.41) is 0. The van der Waals surface area contributed by atoms with Gasteiger partial charge in [0.2, 0.25) is 10.0 Å². The first-order valence-corrected chi connectivity index (χ1v) is 9.75. The third-order valence-electron chi connectivity index (χ3n) is 3.19. The quantitative estimate of drug-likeness (QED) is 0.779. The molecular formula is C12H18N2O4S2. The third-order valence-corrected chi connectivity index (χ3v) is 6.37. The van der Waals surface area contributed by atoms with Gasteiger partial charge in [-0.1, -0.05) is 24.3 Å². The second kappa shape index (κ2) is 5.80. The Bertz CT molecular complexity index is 666. The van der Waals surface area contributed by atoms with Crippen molar-refractivity contribution in [3.63, 3.8) is 0 Å². The van der Waals surface area contributed by atoms with Crippen molar-refractivity contribution in [2.45, 2.75) is 24.8 Å². The zero-order valence-corrected chi connectivity index (χ0v) is 12.6. The van der Waals surface area contributed by atoms with Crippen LogP contribution >= 0.6 is 0 Å². The van der Waals surface area contributed by atoms with Crippen LogP contribution in [0.5, 0.6) is 0 Å². The van der Waals surface area contributed by atoms with E-state index in [-0.39, 0.29) is 17.3 Å². The van der Waals surface area contributed by atoms with Crippen LogP contribution in [0, 0.1) is 0 Å². The van der Waals surface area contributed by atoms with Gasteiger partial charge in [0.05, 0.1) is 17.3 Å². The van der Waals surface area contributed by atoms with Crippen LogP contribution in [0.2, 0.25) is 0 Å². The molecule has 1 aliphatic heterocycles. The Labute approximate surface area is 119 Å². The minimum absolute atomic E-state index is 0.0470. The van der Waals surface area contributed by atoms with Crippen molar-refractivity contribution in [1.82, 2.24) is 4.72 Å². The molecule has 8 heteroatoms. The Morgan fingerprint density at radius 3 is 2.30 bits per heavy atom. The summed E-state index contributed by atoms with van der Waals surface area (Å²) >= 11 is 0. The largest absolute Gasteiger partial charge is 0.326 e. The van der Waals surface area contributed by atoms with Crippen molar-refractivity contribution < 1.29 is 16.8 Å². The van der Waals surface area contributed by atoms with E-state index in [4.69, 9.17) is 5.73 Å². The Morgan fingerprint density at radius 2 is 1.80 bits per heavy atom. The number of hydrogen-bond acceptors (Lipinski definition) is 5. The van der Waals surface area contributed by atoms with Gasteiger partial charge in [0.25, 0.3) is 0 Å². The Balaban J connectivity index is 2.00. The molecule has 1 unspecified atom stereocenters. The van der Waals surface area contributed by atoms with Gasteiger partial charge >= 0.3 is 0 Å². The summed E-state index contributed by atoms with van der Waals surface area (Å²) in [6, 6.07) is 6.49. The summed E-state index contributed by atoms with van der Waals surface area (Å²) in [5.74, 6) is -0.224. The second-order valence-corrected chi connectivity index (χ2v) is 8.98. The van der Waals surface area contributed by atoms with Crippen molar-refractivity contribution in [2.24, 2.45) is 5.73 Å². The lowest BCUT2D eigenvalue weighted by Gasteiger charge is -2.11. The van der Waals surface area contributed by atoms with Crippen LogP contribution in [0.3, 0.4) is 0 Å². The summed E-state index contributed by atoms with van der Waals surface area (Å²) in [6.07, 6.45) is 0.341. The van der Waals surface area contributed by atoms with Crippen LogP contribution in [0.15, 0.2) is 24.3 Å². The number of nitrogens with one attached hydrogen (secondary N) is 1. The maximum absolute atomic E-state index is 12.0. The van der Waals surface area contributed by atoms with Crippen molar-refractivity contribution in [3.8, 4) is 0 Å². The van der Waals surface area contributed by atoms with E-state index in [9.17, 15) is 16.8 Å². The average Bonchev–Trinajstić information content (AvgIpc) is 2.68. The lowest BCUT2D eigenvalue weighted by molar-refractivity contribution is 0.561. The normalized spacial score (nSPS) is 21.9. The van der Waals surface area contributed by atoms with Gasteiger partial charge in [0, 0.05) is 12.6 Å². The minimum Gasteiger partial charge on any atom is -0.326 e. The number of hydrogen-bond donors (Lipinski definition) is 2. The molecule has 0 aromatic heterocycles. The van der Waals surface area contributed by atoms with Gasteiger partial charge < -0.3 is 5.73 Å². The summed E-state index contributed by atoms with van der Waals surface area (Å²) in [7, 11) is -6.62. The fourth-order valence-corrected chi connectivity index (χ4v) is 5.38. The Kier molecular flexibility index (Phi) is 4.48. The van der Waals surface area contributed by atoms with Crippen molar-refractivity contribution in [2.75, 3.05) is 11.5 Å². The molecule has 0 amide bonds. The van der Waals surface area contributed by atoms with E-state index in [1.807, 2.05) is 0 Å². The standard InChI is InChI=1S/C12H18N2O4S2/c13-7-10-1-3-11(4-2-10)8-20(17,18)14-12-5-6-19(15,16)9-12/h1-4,12,14H,5-9,13H2. The number of benzene rings is 1. The first-order valence-electron chi connectivity index (χ1n) is 6.28. The molecular weight excluding hydrogens is 300 g/mol. The van der Waals surface area contributed by atoms with E-state index < -0.39 is 25.9 Å². The topological polar surface area (TPSA) is 106 Å². The molecule has 0 spiro atoms. The number of nitrogens with two attached hydrogens (primary N) is 1. The molecule has 0 bridgehead atoms. The summed E-state index contributed by atoms with van der Waals surface area (Å²) in [5.41, 5.74) is 7.05.